The summed E-state index contributed by atoms with van der Waals surface area (Å²) < 4.78 is 12.0. The molecule has 184 valence electrons. The second-order valence-electron chi connectivity index (χ2n) is 8.20. The lowest BCUT2D eigenvalue weighted by atomic mass is 10.1. The second-order valence-corrected chi connectivity index (χ2v) is 9.87. The average Bonchev–Trinajstić information content (AvgIpc) is 3.12. The van der Waals surface area contributed by atoms with Crippen molar-refractivity contribution in [3.8, 4) is 11.5 Å². The Morgan fingerprint density at radius 1 is 1.00 bits per heavy atom. The van der Waals surface area contributed by atoms with Crippen molar-refractivity contribution in [1.29, 1.82) is 0 Å². The highest BCUT2D eigenvalue weighted by molar-refractivity contribution is 8.27. The Morgan fingerprint density at radius 3 is 2.50 bits per heavy atom. The third-order valence-electron chi connectivity index (χ3n) is 5.31. The molecule has 1 saturated heterocycles. The summed E-state index contributed by atoms with van der Waals surface area (Å²) >= 11 is 6.74. The van der Waals surface area contributed by atoms with Gasteiger partial charge in [-0.15, -0.1) is 0 Å². The number of hydrogen-bond acceptors (Lipinski definition) is 6. The summed E-state index contributed by atoms with van der Waals surface area (Å²) in [5.41, 5.74) is 4.39. The molecule has 0 bridgehead atoms. The molecule has 0 aliphatic carbocycles. The van der Waals surface area contributed by atoms with Crippen LogP contribution in [0.5, 0.6) is 11.5 Å². The van der Waals surface area contributed by atoms with Gasteiger partial charge in [-0.25, -0.2) is 0 Å². The molecule has 4 rings (SSSR count). The minimum atomic E-state index is -0.273. The number of anilines is 2. The summed E-state index contributed by atoms with van der Waals surface area (Å²) in [5.74, 6) is 0.496. The third-order valence-corrected chi connectivity index (χ3v) is 6.62. The van der Waals surface area contributed by atoms with Crippen molar-refractivity contribution in [3.63, 3.8) is 0 Å². The van der Waals surface area contributed by atoms with Crippen molar-refractivity contribution in [3.05, 3.63) is 88.3 Å². The zero-order chi connectivity index (χ0) is 25.7. The topological polar surface area (TPSA) is 67.9 Å². The number of carbonyl (C=O) groups is 2. The van der Waals surface area contributed by atoms with Crippen LogP contribution in [0.4, 0.5) is 11.4 Å². The summed E-state index contributed by atoms with van der Waals surface area (Å²) in [6.07, 6.45) is 1.78. The van der Waals surface area contributed by atoms with Crippen LogP contribution in [0, 0.1) is 13.8 Å². The van der Waals surface area contributed by atoms with E-state index in [1.165, 1.54) is 11.8 Å². The predicted octanol–water partition coefficient (Wildman–Crippen LogP) is 6.13. The molecule has 0 aromatic heterocycles. The first-order valence-electron chi connectivity index (χ1n) is 11.4. The van der Waals surface area contributed by atoms with Crippen LogP contribution in [0.2, 0.25) is 0 Å². The third kappa shape index (κ3) is 6.13. The lowest BCUT2D eigenvalue weighted by Crippen LogP contribution is -2.27. The van der Waals surface area contributed by atoms with Crippen LogP contribution < -0.4 is 19.7 Å². The van der Waals surface area contributed by atoms with Gasteiger partial charge in [-0.1, -0.05) is 59.9 Å². The number of hydrogen-bond donors (Lipinski definition) is 1. The number of carbonyl (C=O) groups excluding carboxylic acids is 2. The van der Waals surface area contributed by atoms with E-state index in [9.17, 15) is 9.59 Å². The molecule has 36 heavy (non-hydrogen) atoms. The highest BCUT2D eigenvalue weighted by atomic mass is 32.2. The molecule has 1 N–H and O–H groups in total. The predicted molar refractivity (Wildman–Crippen MR) is 150 cm³/mol. The summed E-state index contributed by atoms with van der Waals surface area (Å²) in [6, 6.07) is 20.6. The molecule has 1 aliphatic heterocycles. The van der Waals surface area contributed by atoms with E-state index in [2.05, 4.69) is 5.32 Å². The number of rotatable bonds is 8. The van der Waals surface area contributed by atoms with Gasteiger partial charge in [-0.2, -0.15) is 0 Å². The van der Waals surface area contributed by atoms with E-state index in [0.717, 1.165) is 22.4 Å². The van der Waals surface area contributed by atoms with E-state index in [0.29, 0.717) is 33.0 Å². The minimum absolute atomic E-state index is 0.164. The monoisotopic (exact) mass is 518 g/mol. The second kappa shape index (κ2) is 11.4. The summed E-state index contributed by atoms with van der Waals surface area (Å²) in [7, 11) is 0. The molecule has 0 atom stereocenters. The zero-order valence-electron chi connectivity index (χ0n) is 20.2. The van der Waals surface area contributed by atoms with Gasteiger partial charge in [0.1, 0.15) is 0 Å². The molecule has 0 spiro atoms. The van der Waals surface area contributed by atoms with Crippen molar-refractivity contribution in [2.24, 2.45) is 0 Å². The van der Waals surface area contributed by atoms with Gasteiger partial charge in [0.05, 0.1) is 17.2 Å². The van der Waals surface area contributed by atoms with E-state index in [1.807, 2.05) is 75.4 Å². The first-order valence-corrected chi connectivity index (χ1v) is 12.7. The Balaban J connectivity index is 1.47. The van der Waals surface area contributed by atoms with E-state index in [1.54, 1.807) is 23.1 Å². The molecule has 6 nitrogen and oxygen atoms in total. The van der Waals surface area contributed by atoms with Crippen molar-refractivity contribution in [1.82, 2.24) is 0 Å². The fourth-order valence-electron chi connectivity index (χ4n) is 3.59. The number of nitrogens with one attached hydrogen (secondary N) is 1. The first-order chi connectivity index (χ1) is 17.3. The van der Waals surface area contributed by atoms with Crippen LogP contribution in [0.15, 0.2) is 71.6 Å². The highest BCUT2D eigenvalue weighted by Gasteiger charge is 2.33. The van der Waals surface area contributed by atoms with Gasteiger partial charge in [0.15, 0.2) is 22.4 Å². The Labute approximate surface area is 220 Å². The van der Waals surface area contributed by atoms with Crippen LogP contribution in [0.25, 0.3) is 6.08 Å². The summed E-state index contributed by atoms with van der Waals surface area (Å²) in [4.78, 5) is 27.5. The molecule has 8 heteroatoms. The molecule has 1 aliphatic rings. The lowest BCUT2D eigenvalue weighted by molar-refractivity contribution is -0.118. The largest absolute Gasteiger partial charge is 0.490 e. The van der Waals surface area contributed by atoms with E-state index < -0.39 is 0 Å². The van der Waals surface area contributed by atoms with E-state index in [-0.39, 0.29) is 18.4 Å². The highest BCUT2D eigenvalue weighted by Crippen LogP contribution is 2.37. The van der Waals surface area contributed by atoms with Gasteiger partial charge in [0, 0.05) is 5.69 Å². The molecule has 3 aromatic rings. The Morgan fingerprint density at radius 2 is 1.78 bits per heavy atom. The van der Waals surface area contributed by atoms with Gasteiger partial charge in [0.2, 0.25) is 0 Å². The van der Waals surface area contributed by atoms with Crippen molar-refractivity contribution < 1.29 is 19.1 Å². The lowest BCUT2D eigenvalue weighted by Gasteiger charge is -2.15. The number of nitrogens with zero attached hydrogens (tertiary/aromatic N) is 1. The van der Waals surface area contributed by atoms with Crippen molar-refractivity contribution in [2.75, 3.05) is 23.4 Å². The van der Waals surface area contributed by atoms with Gasteiger partial charge >= 0.3 is 0 Å². The maximum absolute atomic E-state index is 13.1. The maximum atomic E-state index is 13.1. The number of aryl methyl sites for hydroxylation is 2. The minimum Gasteiger partial charge on any atom is -0.490 e. The number of benzene rings is 3. The van der Waals surface area contributed by atoms with Gasteiger partial charge in [-0.3, -0.25) is 14.5 Å². The Kier molecular flexibility index (Phi) is 8.07. The molecule has 0 unspecified atom stereocenters. The molecule has 0 saturated carbocycles. The van der Waals surface area contributed by atoms with Crippen molar-refractivity contribution >= 4 is 57.6 Å². The molecule has 1 heterocycles. The van der Waals surface area contributed by atoms with E-state index >= 15 is 0 Å². The normalized spacial score (nSPS) is 14.3. The molecular formula is C28H26N2O4S2. The standard InChI is InChI=1S/C28H26N2O4S2/c1-4-33-24-15-20(10-13-23(24)34-17-26(31)29-21-11-8-18(2)9-12-21)16-25-27(32)30(28(35)36-25)22-7-5-6-19(3)14-22/h5-16H,4,17H2,1-3H3,(H,29,31)/b25-16+. The molecule has 3 aromatic carbocycles. The quantitative estimate of drug-likeness (QED) is 0.286. The summed E-state index contributed by atoms with van der Waals surface area (Å²) in [6.45, 7) is 6.09. The molecule has 2 amide bonds. The molecule has 1 fully saturated rings. The zero-order valence-corrected chi connectivity index (χ0v) is 21.9. The number of ether oxygens (including phenoxy) is 2. The average molecular weight is 519 g/mol. The fraction of sp³-hybridized carbons (Fsp3) is 0.179. The first kappa shape index (κ1) is 25.5. The Bertz CT molecular complexity index is 1340. The fourth-order valence-corrected chi connectivity index (χ4v) is 4.89. The SMILES string of the molecule is CCOc1cc(/C=C2/SC(=S)N(c3cccc(C)c3)C2=O)ccc1OCC(=O)Nc1ccc(C)cc1. The number of thioether (sulfide) groups is 1. The van der Waals surface area contributed by atoms with Crippen LogP contribution in [0.1, 0.15) is 23.6 Å². The van der Waals surface area contributed by atoms with Crippen LogP contribution in [-0.2, 0) is 9.59 Å². The number of thiocarbonyl (C=S) groups is 1. The maximum Gasteiger partial charge on any atom is 0.270 e. The Hall–Kier alpha value is -3.62. The number of amides is 2. The molecule has 0 radical (unpaired) electrons. The van der Waals surface area contributed by atoms with Gasteiger partial charge in [0.25, 0.3) is 11.8 Å². The van der Waals surface area contributed by atoms with Gasteiger partial charge in [-0.05, 0) is 74.4 Å². The smallest absolute Gasteiger partial charge is 0.270 e. The van der Waals surface area contributed by atoms with Crippen LogP contribution in [-0.4, -0.2) is 29.3 Å². The van der Waals surface area contributed by atoms with Crippen molar-refractivity contribution in [2.45, 2.75) is 20.8 Å². The summed E-state index contributed by atoms with van der Waals surface area (Å²) in [5, 5.41) is 2.81. The van der Waals surface area contributed by atoms with Gasteiger partial charge < -0.3 is 14.8 Å². The van der Waals surface area contributed by atoms with Crippen LogP contribution in [0.3, 0.4) is 0 Å². The van der Waals surface area contributed by atoms with E-state index in [4.69, 9.17) is 21.7 Å². The van der Waals surface area contributed by atoms with Crippen LogP contribution >= 0.6 is 24.0 Å². The molecular weight excluding hydrogens is 492 g/mol.